The third-order valence-corrected chi connectivity index (χ3v) is 3.38. The summed E-state index contributed by atoms with van der Waals surface area (Å²) < 4.78 is 10.4. The molecule has 5 nitrogen and oxygen atoms in total. The number of halogens is 1. The van der Waals surface area contributed by atoms with Crippen LogP contribution in [0.5, 0.6) is 11.5 Å². The molecule has 2 aromatic rings. The standard InChI is InChI=1S/C18H23N3O2.HI/c1-22-16-9-3-6-14(12-16)7-5-11-20-18(19)21-15-8-4-10-17(13-15)23-2;/h3-4,6,8-10,12-13H,5,7,11H2,1-2H3,(H3,19,20,21);1H. The maximum atomic E-state index is 5.90. The first kappa shape index (κ1) is 20.1. The molecule has 0 amide bonds. The maximum absolute atomic E-state index is 5.90. The van der Waals surface area contributed by atoms with Gasteiger partial charge in [-0.05, 0) is 42.7 Å². The van der Waals surface area contributed by atoms with Gasteiger partial charge >= 0.3 is 0 Å². The Bertz CT molecular complexity index is 662. The smallest absolute Gasteiger partial charge is 0.193 e. The van der Waals surface area contributed by atoms with Crippen molar-refractivity contribution in [3.05, 3.63) is 54.1 Å². The SMILES string of the molecule is COc1cccc(CCCN=C(N)Nc2cccc(OC)c2)c1.I. The maximum Gasteiger partial charge on any atom is 0.193 e. The highest BCUT2D eigenvalue weighted by Gasteiger charge is 1.98. The van der Waals surface area contributed by atoms with Crippen LogP contribution in [0.2, 0.25) is 0 Å². The van der Waals surface area contributed by atoms with Gasteiger partial charge in [0.05, 0.1) is 14.2 Å². The Hall–Kier alpha value is -1.96. The van der Waals surface area contributed by atoms with Gasteiger partial charge in [0, 0.05) is 18.3 Å². The Morgan fingerprint density at radius 1 is 1.04 bits per heavy atom. The number of methoxy groups -OCH3 is 2. The van der Waals surface area contributed by atoms with Gasteiger partial charge in [0.25, 0.3) is 0 Å². The Morgan fingerprint density at radius 2 is 1.71 bits per heavy atom. The normalized spacial score (nSPS) is 10.7. The Morgan fingerprint density at radius 3 is 2.42 bits per heavy atom. The molecule has 0 bridgehead atoms. The molecule has 0 aliphatic heterocycles. The number of rotatable bonds is 7. The van der Waals surface area contributed by atoms with E-state index in [1.54, 1.807) is 14.2 Å². The quantitative estimate of drug-likeness (QED) is 0.298. The van der Waals surface area contributed by atoms with Crippen LogP contribution in [0.15, 0.2) is 53.5 Å². The van der Waals surface area contributed by atoms with Gasteiger partial charge in [0.1, 0.15) is 11.5 Å². The second kappa shape index (κ2) is 10.7. The average molecular weight is 441 g/mol. The molecule has 0 saturated heterocycles. The predicted molar refractivity (Wildman–Crippen MR) is 110 cm³/mol. The Balaban J connectivity index is 0.00000288. The lowest BCUT2D eigenvalue weighted by Crippen LogP contribution is -2.22. The molecule has 0 aliphatic rings. The average Bonchev–Trinajstić information content (AvgIpc) is 2.59. The molecule has 0 aromatic heterocycles. The molecule has 0 fully saturated rings. The van der Waals surface area contributed by atoms with Crippen molar-refractivity contribution >= 4 is 35.6 Å². The molecule has 0 atom stereocenters. The molecule has 130 valence electrons. The van der Waals surface area contributed by atoms with Crippen molar-refractivity contribution in [3.8, 4) is 11.5 Å². The Kier molecular flexibility index (Phi) is 8.99. The third kappa shape index (κ3) is 6.66. The van der Waals surface area contributed by atoms with E-state index in [1.807, 2.05) is 42.5 Å². The first-order chi connectivity index (χ1) is 11.2. The number of nitrogens with two attached hydrogens (primary N) is 1. The van der Waals surface area contributed by atoms with Crippen molar-refractivity contribution in [3.63, 3.8) is 0 Å². The lowest BCUT2D eigenvalue weighted by molar-refractivity contribution is 0.414. The van der Waals surface area contributed by atoms with Crippen molar-refractivity contribution in [2.45, 2.75) is 12.8 Å². The topological polar surface area (TPSA) is 68.9 Å². The van der Waals surface area contributed by atoms with E-state index in [0.29, 0.717) is 12.5 Å². The monoisotopic (exact) mass is 441 g/mol. The fourth-order valence-corrected chi connectivity index (χ4v) is 2.20. The lowest BCUT2D eigenvalue weighted by Gasteiger charge is -2.07. The number of anilines is 1. The number of hydrogen-bond acceptors (Lipinski definition) is 3. The van der Waals surface area contributed by atoms with Crippen LogP contribution < -0.4 is 20.5 Å². The van der Waals surface area contributed by atoms with Gasteiger partial charge in [-0.2, -0.15) is 0 Å². The second-order valence-electron chi connectivity index (χ2n) is 5.08. The molecule has 0 saturated carbocycles. The zero-order chi connectivity index (χ0) is 16.5. The van der Waals surface area contributed by atoms with Gasteiger partial charge < -0.3 is 20.5 Å². The predicted octanol–water partition coefficient (Wildman–Crippen LogP) is 3.68. The number of aliphatic imine (C=N–C) groups is 1. The van der Waals surface area contributed by atoms with Gasteiger partial charge in [-0.15, -0.1) is 24.0 Å². The summed E-state index contributed by atoms with van der Waals surface area (Å²) in [6.45, 7) is 0.667. The van der Waals surface area contributed by atoms with Crippen molar-refractivity contribution in [1.82, 2.24) is 0 Å². The summed E-state index contributed by atoms with van der Waals surface area (Å²) in [4.78, 5) is 4.34. The van der Waals surface area contributed by atoms with E-state index in [1.165, 1.54) is 5.56 Å². The molecular formula is C18H24IN3O2. The minimum atomic E-state index is 0. The first-order valence-electron chi connectivity index (χ1n) is 7.55. The fourth-order valence-electron chi connectivity index (χ4n) is 2.20. The Labute approximate surface area is 160 Å². The summed E-state index contributed by atoms with van der Waals surface area (Å²) in [5.74, 6) is 2.06. The second-order valence-corrected chi connectivity index (χ2v) is 5.08. The number of ether oxygens (including phenoxy) is 2. The largest absolute Gasteiger partial charge is 0.497 e. The zero-order valence-corrected chi connectivity index (χ0v) is 16.3. The molecule has 0 aliphatic carbocycles. The number of nitrogens with one attached hydrogen (secondary N) is 1. The molecule has 0 radical (unpaired) electrons. The highest BCUT2D eigenvalue weighted by atomic mass is 127. The molecular weight excluding hydrogens is 417 g/mol. The molecule has 24 heavy (non-hydrogen) atoms. The zero-order valence-electron chi connectivity index (χ0n) is 14.0. The highest BCUT2D eigenvalue weighted by Crippen LogP contribution is 2.16. The van der Waals surface area contributed by atoms with Gasteiger partial charge in [-0.1, -0.05) is 18.2 Å². The van der Waals surface area contributed by atoms with Crippen LogP contribution in [0.1, 0.15) is 12.0 Å². The van der Waals surface area contributed by atoms with Crippen molar-refractivity contribution in [2.24, 2.45) is 10.7 Å². The van der Waals surface area contributed by atoms with E-state index in [0.717, 1.165) is 30.0 Å². The summed E-state index contributed by atoms with van der Waals surface area (Å²) in [6, 6.07) is 15.6. The van der Waals surface area contributed by atoms with Gasteiger partial charge in [0.2, 0.25) is 0 Å². The molecule has 0 spiro atoms. The van der Waals surface area contributed by atoms with Crippen LogP contribution in [0.4, 0.5) is 5.69 Å². The minimum Gasteiger partial charge on any atom is -0.497 e. The van der Waals surface area contributed by atoms with E-state index in [9.17, 15) is 0 Å². The third-order valence-electron chi connectivity index (χ3n) is 3.38. The van der Waals surface area contributed by atoms with Crippen LogP contribution in [0.25, 0.3) is 0 Å². The van der Waals surface area contributed by atoms with E-state index in [2.05, 4.69) is 16.4 Å². The van der Waals surface area contributed by atoms with E-state index in [-0.39, 0.29) is 24.0 Å². The number of guanidine groups is 1. The minimum absolute atomic E-state index is 0. The van der Waals surface area contributed by atoms with Gasteiger partial charge in [-0.3, -0.25) is 4.99 Å². The van der Waals surface area contributed by atoms with Crippen LogP contribution in [-0.4, -0.2) is 26.7 Å². The summed E-state index contributed by atoms with van der Waals surface area (Å²) in [5, 5.41) is 3.06. The van der Waals surface area contributed by atoms with E-state index in [4.69, 9.17) is 15.2 Å². The van der Waals surface area contributed by atoms with Gasteiger partial charge in [0.15, 0.2) is 5.96 Å². The summed E-state index contributed by atoms with van der Waals surface area (Å²) >= 11 is 0. The summed E-state index contributed by atoms with van der Waals surface area (Å²) in [6.07, 6.45) is 1.86. The van der Waals surface area contributed by atoms with Gasteiger partial charge in [-0.25, -0.2) is 0 Å². The number of hydrogen-bond donors (Lipinski definition) is 2. The van der Waals surface area contributed by atoms with Crippen LogP contribution >= 0.6 is 24.0 Å². The van der Waals surface area contributed by atoms with Crippen LogP contribution in [0, 0.1) is 0 Å². The molecule has 6 heteroatoms. The number of aryl methyl sites for hydroxylation is 1. The number of nitrogens with zero attached hydrogens (tertiary/aromatic N) is 1. The molecule has 0 unspecified atom stereocenters. The van der Waals surface area contributed by atoms with Crippen molar-refractivity contribution in [2.75, 3.05) is 26.1 Å². The van der Waals surface area contributed by atoms with E-state index < -0.39 is 0 Å². The fraction of sp³-hybridized carbons (Fsp3) is 0.278. The van der Waals surface area contributed by atoms with Crippen LogP contribution in [-0.2, 0) is 6.42 Å². The van der Waals surface area contributed by atoms with Crippen molar-refractivity contribution in [1.29, 1.82) is 0 Å². The lowest BCUT2D eigenvalue weighted by atomic mass is 10.1. The molecule has 2 rings (SSSR count). The number of benzene rings is 2. The van der Waals surface area contributed by atoms with E-state index >= 15 is 0 Å². The first-order valence-corrected chi connectivity index (χ1v) is 7.55. The highest BCUT2D eigenvalue weighted by molar-refractivity contribution is 14.0. The van der Waals surface area contributed by atoms with Crippen LogP contribution in [0.3, 0.4) is 0 Å². The molecule has 3 N–H and O–H groups in total. The summed E-state index contributed by atoms with van der Waals surface area (Å²) in [7, 11) is 3.31. The summed E-state index contributed by atoms with van der Waals surface area (Å²) in [5.41, 5.74) is 8.00. The molecule has 2 aromatic carbocycles. The van der Waals surface area contributed by atoms with Crippen molar-refractivity contribution < 1.29 is 9.47 Å². The molecule has 0 heterocycles.